The summed E-state index contributed by atoms with van der Waals surface area (Å²) < 4.78 is 0. The minimum Gasteiger partial charge on any atom is -0.0843 e. The van der Waals surface area contributed by atoms with Crippen LogP contribution >= 0.6 is 35.4 Å². The molecule has 0 aliphatic rings. The zero-order chi connectivity index (χ0) is 7.82. The van der Waals surface area contributed by atoms with Gasteiger partial charge in [-0.1, -0.05) is 53.6 Å². The topological polar surface area (TPSA) is 0 Å². The van der Waals surface area contributed by atoms with Crippen LogP contribution < -0.4 is 0 Å². The van der Waals surface area contributed by atoms with Crippen molar-refractivity contribution in [3.63, 3.8) is 0 Å². The van der Waals surface area contributed by atoms with Crippen molar-refractivity contribution in [1.82, 2.24) is 0 Å². The molecule has 1 aromatic rings. The van der Waals surface area contributed by atoms with Gasteiger partial charge in [-0.05, 0) is 12.1 Å². The van der Waals surface area contributed by atoms with Crippen LogP contribution in [-0.2, 0) is 0 Å². The van der Waals surface area contributed by atoms with E-state index in [1.54, 1.807) is 0 Å². The molecule has 0 aromatic heterocycles. The lowest BCUT2D eigenvalue weighted by molar-refractivity contribution is 1.71. The SMILES string of the molecule is Clc1ccccc1.S=CCl. The van der Waals surface area contributed by atoms with E-state index in [1.807, 2.05) is 30.3 Å². The van der Waals surface area contributed by atoms with Crippen molar-refractivity contribution in [3.05, 3.63) is 35.4 Å². The van der Waals surface area contributed by atoms with E-state index >= 15 is 0 Å². The fourth-order valence-electron chi connectivity index (χ4n) is 0.415. The standard InChI is InChI=1S/C6H5Cl.CHClS/c7-6-4-2-1-3-5-6;2-1-3/h1-5H;1H. The largest absolute Gasteiger partial charge is 0.0843 e. The molecule has 10 heavy (non-hydrogen) atoms. The summed E-state index contributed by atoms with van der Waals surface area (Å²) >= 11 is 14.3. The summed E-state index contributed by atoms with van der Waals surface area (Å²) in [5, 5.41) is 0.794. The average molecular weight is 193 g/mol. The third-order valence-electron chi connectivity index (χ3n) is 0.733. The van der Waals surface area contributed by atoms with Crippen molar-refractivity contribution >= 4 is 40.2 Å². The van der Waals surface area contributed by atoms with Gasteiger partial charge < -0.3 is 0 Å². The molecule has 0 N–H and O–H groups in total. The molecule has 0 fully saturated rings. The second-order valence-electron chi connectivity index (χ2n) is 1.38. The first kappa shape index (κ1) is 9.89. The Labute approximate surface area is 75.8 Å². The van der Waals surface area contributed by atoms with Crippen molar-refractivity contribution in [1.29, 1.82) is 0 Å². The molecule has 1 aromatic carbocycles. The summed E-state index contributed by atoms with van der Waals surface area (Å²) in [5.41, 5.74) is 0. The fourth-order valence-corrected chi connectivity index (χ4v) is 0.560. The number of hydrogen-bond donors (Lipinski definition) is 0. The van der Waals surface area contributed by atoms with E-state index in [0.29, 0.717) is 0 Å². The van der Waals surface area contributed by atoms with Crippen LogP contribution in [0.2, 0.25) is 5.02 Å². The smallest absolute Gasteiger partial charge is 0.0674 e. The van der Waals surface area contributed by atoms with E-state index in [1.165, 1.54) is 0 Å². The maximum atomic E-state index is 5.54. The molecule has 0 saturated heterocycles. The quantitative estimate of drug-likeness (QED) is 0.448. The van der Waals surface area contributed by atoms with Crippen molar-refractivity contribution in [3.8, 4) is 0 Å². The first-order valence-electron chi connectivity index (χ1n) is 2.55. The third kappa shape index (κ3) is 6.02. The van der Waals surface area contributed by atoms with E-state index in [9.17, 15) is 0 Å². The number of halogens is 2. The molecule has 0 saturated carbocycles. The van der Waals surface area contributed by atoms with Crippen LogP contribution in [0.15, 0.2) is 30.3 Å². The van der Waals surface area contributed by atoms with E-state index in [4.69, 9.17) is 11.6 Å². The molecule has 0 bridgehead atoms. The van der Waals surface area contributed by atoms with Gasteiger partial charge in [0, 0.05) is 5.02 Å². The van der Waals surface area contributed by atoms with Gasteiger partial charge in [-0.15, -0.1) is 0 Å². The van der Waals surface area contributed by atoms with Crippen LogP contribution in [0.1, 0.15) is 0 Å². The van der Waals surface area contributed by atoms with Gasteiger partial charge in [-0.3, -0.25) is 0 Å². The predicted molar refractivity (Wildman–Crippen MR) is 51.0 cm³/mol. The zero-order valence-electron chi connectivity index (χ0n) is 5.13. The highest BCUT2D eigenvalue weighted by Crippen LogP contribution is 2.03. The molecule has 0 aliphatic heterocycles. The molecular formula is C7H6Cl2S. The van der Waals surface area contributed by atoms with Crippen LogP contribution in [-0.4, -0.2) is 4.83 Å². The summed E-state index contributed by atoms with van der Waals surface area (Å²) in [4.78, 5) is 1.06. The van der Waals surface area contributed by atoms with Gasteiger partial charge in [-0.25, -0.2) is 0 Å². The van der Waals surface area contributed by atoms with Crippen molar-refractivity contribution in [2.45, 2.75) is 0 Å². The third-order valence-corrected chi connectivity index (χ3v) is 0.985. The van der Waals surface area contributed by atoms with Crippen LogP contribution in [0.3, 0.4) is 0 Å². The summed E-state index contributed by atoms with van der Waals surface area (Å²) in [6.45, 7) is 0. The Hall–Kier alpha value is -0.110. The second kappa shape index (κ2) is 7.00. The Bertz CT molecular complexity index is 174. The number of thiocarbonyl (C=S) groups is 1. The Morgan fingerprint density at radius 3 is 1.80 bits per heavy atom. The second-order valence-corrected chi connectivity index (χ2v) is 2.53. The molecule has 0 amide bonds. The highest BCUT2D eigenvalue weighted by Gasteiger charge is 1.74. The Balaban J connectivity index is 0.000000236. The molecule has 0 heterocycles. The molecule has 1 rings (SSSR count). The number of rotatable bonds is 0. The minimum absolute atomic E-state index is 0.794. The van der Waals surface area contributed by atoms with Crippen molar-refractivity contribution in [2.24, 2.45) is 0 Å². The first-order chi connectivity index (χ1) is 4.81. The lowest BCUT2D eigenvalue weighted by atomic mass is 10.4. The summed E-state index contributed by atoms with van der Waals surface area (Å²) in [6, 6.07) is 9.44. The van der Waals surface area contributed by atoms with Crippen molar-refractivity contribution in [2.75, 3.05) is 0 Å². The van der Waals surface area contributed by atoms with E-state index < -0.39 is 0 Å². The summed E-state index contributed by atoms with van der Waals surface area (Å²) in [7, 11) is 0. The van der Waals surface area contributed by atoms with Crippen molar-refractivity contribution < 1.29 is 0 Å². The first-order valence-corrected chi connectivity index (χ1v) is 3.84. The van der Waals surface area contributed by atoms with Gasteiger partial charge in [0.1, 0.15) is 0 Å². The van der Waals surface area contributed by atoms with Gasteiger partial charge >= 0.3 is 0 Å². The van der Waals surface area contributed by atoms with Gasteiger partial charge in [0.05, 0.1) is 4.83 Å². The van der Waals surface area contributed by atoms with Crippen LogP contribution in [0, 0.1) is 0 Å². The summed E-state index contributed by atoms with van der Waals surface area (Å²) in [5.74, 6) is 0. The van der Waals surface area contributed by atoms with Gasteiger partial charge in [0.2, 0.25) is 0 Å². The summed E-state index contributed by atoms with van der Waals surface area (Å²) in [6.07, 6.45) is 0. The fraction of sp³-hybridized carbons (Fsp3) is 0. The van der Waals surface area contributed by atoms with E-state index in [0.717, 1.165) is 9.85 Å². The van der Waals surface area contributed by atoms with Crippen LogP contribution in [0.4, 0.5) is 0 Å². The highest BCUT2D eigenvalue weighted by atomic mass is 35.5. The maximum Gasteiger partial charge on any atom is 0.0674 e. The molecule has 0 unspecified atom stereocenters. The van der Waals surface area contributed by atoms with E-state index in [2.05, 4.69) is 23.8 Å². The monoisotopic (exact) mass is 192 g/mol. The minimum atomic E-state index is 0.794. The highest BCUT2D eigenvalue weighted by molar-refractivity contribution is 7.81. The lowest BCUT2D eigenvalue weighted by Crippen LogP contribution is -1.55. The molecule has 0 aliphatic carbocycles. The van der Waals surface area contributed by atoms with Gasteiger partial charge in [0.25, 0.3) is 0 Å². The molecule has 54 valence electrons. The van der Waals surface area contributed by atoms with Crippen LogP contribution in [0.5, 0.6) is 0 Å². The molecule has 0 spiro atoms. The Morgan fingerprint density at radius 1 is 1.20 bits per heavy atom. The average Bonchev–Trinajstić information content (AvgIpc) is 1.91. The van der Waals surface area contributed by atoms with Crippen LogP contribution in [0.25, 0.3) is 0 Å². The molecule has 0 nitrogen and oxygen atoms in total. The lowest BCUT2D eigenvalue weighted by Gasteiger charge is -1.80. The molecule has 0 atom stereocenters. The van der Waals surface area contributed by atoms with Gasteiger partial charge in [0.15, 0.2) is 0 Å². The number of benzene rings is 1. The van der Waals surface area contributed by atoms with Gasteiger partial charge in [-0.2, -0.15) is 0 Å². The maximum absolute atomic E-state index is 5.54. The Morgan fingerprint density at radius 2 is 1.60 bits per heavy atom. The molecular weight excluding hydrogens is 187 g/mol. The predicted octanol–water partition coefficient (Wildman–Crippen LogP) is 3.52. The normalized spacial score (nSPS) is 7.40. The molecule has 3 heteroatoms. The molecule has 0 radical (unpaired) electrons. The number of hydrogen-bond acceptors (Lipinski definition) is 1. The zero-order valence-corrected chi connectivity index (χ0v) is 7.46. The van der Waals surface area contributed by atoms with E-state index in [-0.39, 0.29) is 0 Å². The Kier molecular flexibility index (Phi) is 6.93.